The number of carbonyl (C=O) groups is 1. The van der Waals surface area contributed by atoms with Gasteiger partial charge in [0, 0.05) is 5.56 Å². The van der Waals surface area contributed by atoms with Crippen molar-refractivity contribution in [3.05, 3.63) is 75.8 Å². The molecule has 4 rings (SSSR count). The normalized spacial score (nSPS) is 11.0. The zero-order valence-corrected chi connectivity index (χ0v) is 16.3. The molecule has 1 aromatic heterocycles. The lowest BCUT2D eigenvalue weighted by Gasteiger charge is -2.05. The molecule has 0 aliphatic carbocycles. The molecule has 0 amide bonds. The fourth-order valence-corrected chi connectivity index (χ4v) is 3.38. The first-order valence-electron chi connectivity index (χ1n) is 8.55. The quantitative estimate of drug-likeness (QED) is 0.388. The molecule has 0 atom stereocenters. The van der Waals surface area contributed by atoms with Crippen molar-refractivity contribution in [2.24, 2.45) is 0 Å². The average Bonchev–Trinajstić information content (AvgIpc) is 3.09. The van der Waals surface area contributed by atoms with E-state index in [4.69, 9.17) is 27.9 Å². The van der Waals surface area contributed by atoms with Crippen LogP contribution in [0.4, 0.5) is 0 Å². The Balaban J connectivity index is 1.68. The van der Waals surface area contributed by atoms with Gasteiger partial charge in [0.2, 0.25) is 0 Å². The summed E-state index contributed by atoms with van der Waals surface area (Å²) in [7, 11) is 0. The van der Waals surface area contributed by atoms with Crippen molar-refractivity contribution < 1.29 is 19.7 Å². The lowest BCUT2D eigenvalue weighted by Crippen LogP contribution is -1.98. The van der Waals surface area contributed by atoms with Gasteiger partial charge in [0.25, 0.3) is 6.01 Å². The molecule has 4 aromatic rings. The number of carboxylic acid groups (broad SMARTS) is 1. The summed E-state index contributed by atoms with van der Waals surface area (Å²) >= 11 is 12.3. The summed E-state index contributed by atoms with van der Waals surface area (Å²) in [4.78, 5) is 18.6. The number of nitrogens with one attached hydrogen (secondary N) is 1. The Morgan fingerprint density at radius 1 is 1.03 bits per heavy atom. The van der Waals surface area contributed by atoms with Crippen LogP contribution in [0.25, 0.3) is 22.2 Å². The lowest BCUT2D eigenvalue weighted by molar-refractivity contribution is 0.0696. The number of H-pyrrole nitrogens is 1. The molecule has 0 bridgehead atoms. The molecule has 146 valence electrons. The van der Waals surface area contributed by atoms with Gasteiger partial charge in [-0.05, 0) is 41.5 Å². The monoisotopic (exact) mass is 428 g/mol. The summed E-state index contributed by atoms with van der Waals surface area (Å²) in [5, 5.41) is 19.0. The number of benzene rings is 3. The highest BCUT2D eigenvalue weighted by atomic mass is 35.5. The SMILES string of the molecule is O=C(O)c1cc(Oc2nc3cc(-c4ccc(CO)cc4)c(Cl)cc3[nH]2)ccc1Cl. The minimum atomic E-state index is -1.14. The van der Waals surface area contributed by atoms with Crippen LogP contribution in [0.3, 0.4) is 0 Å². The first-order chi connectivity index (χ1) is 13.9. The van der Waals surface area contributed by atoms with Crippen molar-refractivity contribution in [1.82, 2.24) is 9.97 Å². The maximum absolute atomic E-state index is 11.2. The van der Waals surface area contributed by atoms with Gasteiger partial charge in [-0.15, -0.1) is 0 Å². The number of ether oxygens (including phenoxy) is 1. The van der Waals surface area contributed by atoms with E-state index in [9.17, 15) is 15.0 Å². The highest BCUT2D eigenvalue weighted by Gasteiger charge is 2.13. The molecule has 0 aliphatic heterocycles. The van der Waals surface area contributed by atoms with Crippen LogP contribution in [0.2, 0.25) is 10.0 Å². The second kappa shape index (κ2) is 7.75. The standard InChI is InChI=1S/C21H14Cl2N2O4/c22-16-6-5-13(7-15(16)20(27)28)29-21-24-18-8-14(17(23)9-19(18)25-21)12-3-1-11(10-26)2-4-12/h1-9,26H,10H2,(H,24,25)(H,27,28). The van der Waals surface area contributed by atoms with Crippen molar-refractivity contribution in [2.75, 3.05) is 0 Å². The molecular weight excluding hydrogens is 415 g/mol. The van der Waals surface area contributed by atoms with Crippen LogP contribution in [-0.2, 0) is 6.61 Å². The Hall–Kier alpha value is -3.06. The third-order valence-corrected chi connectivity index (χ3v) is 5.02. The molecule has 6 nitrogen and oxygen atoms in total. The molecule has 0 saturated heterocycles. The van der Waals surface area contributed by atoms with Crippen molar-refractivity contribution in [3.63, 3.8) is 0 Å². The number of aromatic carboxylic acids is 1. The number of imidazole rings is 1. The van der Waals surface area contributed by atoms with Crippen molar-refractivity contribution >= 4 is 40.2 Å². The van der Waals surface area contributed by atoms with Crippen molar-refractivity contribution in [3.8, 4) is 22.9 Å². The molecule has 0 aliphatic rings. The number of aliphatic hydroxyl groups excluding tert-OH is 1. The van der Waals surface area contributed by atoms with Gasteiger partial charge < -0.3 is 19.9 Å². The molecule has 3 N–H and O–H groups in total. The number of fused-ring (bicyclic) bond motifs is 1. The van der Waals surface area contributed by atoms with E-state index in [-0.39, 0.29) is 29.0 Å². The Labute approximate surface area is 175 Å². The fraction of sp³-hybridized carbons (Fsp3) is 0.0476. The van der Waals surface area contributed by atoms with E-state index >= 15 is 0 Å². The lowest BCUT2D eigenvalue weighted by atomic mass is 10.0. The number of aromatic amines is 1. The van der Waals surface area contributed by atoms with E-state index in [1.165, 1.54) is 12.1 Å². The number of hydrogen-bond donors (Lipinski definition) is 3. The first kappa shape index (κ1) is 19.3. The molecule has 8 heteroatoms. The maximum Gasteiger partial charge on any atom is 0.337 e. The predicted molar refractivity (Wildman–Crippen MR) is 111 cm³/mol. The number of rotatable bonds is 5. The zero-order valence-electron chi connectivity index (χ0n) is 14.8. The van der Waals surface area contributed by atoms with Crippen LogP contribution >= 0.6 is 23.2 Å². The number of nitrogens with zero attached hydrogens (tertiary/aromatic N) is 1. The Bertz CT molecular complexity index is 1220. The largest absolute Gasteiger partial charge is 0.478 e. The van der Waals surface area contributed by atoms with E-state index in [2.05, 4.69) is 9.97 Å². The minimum absolute atomic E-state index is 0.0264. The number of hydrogen-bond acceptors (Lipinski definition) is 4. The Morgan fingerprint density at radius 3 is 2.48 bits per heavy atom. The van der Waals surface area contributed by atoms with Gasteiger partial charge >= 0.3 is 5.97 Å². The summed E-state index contributed by atoms with van der Waals surface area (Å²) in [5.74, 6) is -0.856. The summed E-state index contributed by atoms with van der Waals surface area (Å²) in [6.07, 6.45) is 0. The number of aromatic nitrogens is 2. The van der Waals surface area contributed by atoms with Crippen LogP contribution in [0.5, 0.6) is 11.8 Å². The predicted octanol–water partition coefficient (Wildman–Crippen LogP) is 5.52. The van der Waals surface area contributed by atoms with Gasteiger partial charge in [-0.1, -0.05) is 47.5 Å². The highest BCUT2D eigenvalue weighted by Crippen LogP contribution is 2.33. The number of aliphatic hydroxyl groups is 1. The zero-order chi connectivity index (χ0) is 20.5. The summed E-state index contributed by atoms with van der Waals surface area (Å²) in [5.41, 5.74) is 3.75. The second-order valence-corrected chi connectivity index (χ2v) is 7.11. The van der Waals surface area contributed by atoms with E-state index in [0.29, 0.717) is 16.1 Å². The molecular formula is C21H14Cl2N2O4. The summed E-state index contributed by atoms with van der Waals surface area (Å²) < 4.78 is 5.67. The van der Waals surface area contributed by atoms with Gasteiger partial charge in [0.15, 0.2) is 0 Å². The topological polar surface area (TPSA) is 95.4 Å². The molecule has 0 spiro atoms. The Kier molecular flexibility index (Phi) is 5.15. The number of carboxylic acids is 1. The molecule has 0 fully saturated rings. The van der Waals surface area contributed by atoms with Crippen LogP contribution in [0, 0.1) is 0 Å². The van der Waals surface area contributed by atoms with Crippen molar-refractivity contribution in [1.29, 1.82) is 0 Å². The van der Waals surface area contributed by atoms with E-state index < -0.39 is 5.97 Å². The van der Waals surface area contributed by atoms with Crippen molar-refractivity contribution in [2.45, 2.75) is 6.61 Å². The summed E-state index contributed by atoms with van der Waals surface area (Å²) in [6.45, 7) is -0.0264. The van der Waals surface area contributed by atoms with Crippen LogP contribution in [0.1, 0.15) is 15.9 Å². The van der Waals surface area contributed by atoms with Crippen LogP contribution < -0.4 is 4.74 Å². The van der Waals surface area contributed by atoms with E-state index in [0.717, 1.165) is 16.7 Å². The third kappa shape index (κ3) is 3.91. The molecule has 0 saturated carbocycles. The van der Waals surface area contributed by atoms with Gasteiger partial charge in [-0.3, -0.25) is 0 Å². The smallest absolute Gasteiger partial charge is 0.337 e. The molecule has 29 heavy (non-hydrogen) atoms. The van der Waals surface area contributed by atoms with Crippen LogP contribution in [-0.4, -0.2) is 26.2 Å². The second-order valence-electron chi connectivity index (χ2n) is 6.30. The summed E-state index contributed by atoms with van der Waals surface area (Å²) in [6, 6.07) is 15.5. The van der Waals surface area contributed by atoms with E-state index in [1.54, 1.807) is 12.1 Å². The molecule has 0 radical (unpaired) electrons. The third-order valence-electron chi connectivity index (χ3n) is 4.38. The van der Waals surface area contributed by atoms with Crippen LogP contribution in [0.15, 0.2) is 54.6 Å². The molecule has 3 aromatic carbocycles. The minimum Gasteiger partial charge on any atom is -0.478 e. The van der Waals surface area contributed by atoms with E-state index in [1.807, 2.05) is 30.3 Å². The van der Waals surface area contributed by atoms with Gasteiger partial charge in [-0.25, -0.2) is 4.79 Å². The van der Waals surface area contributed by atoms with Gasteiger partial charge in [0.1, 0.15) is 5.75 Å². The molecule has 0 unspecified atom stereocenters. The molecule has 1 heterocycles. The fourth-order valence-electron chi connectivity index (χ4n) is 2.91. The van der Waals surface area contributed by atoms with Gasteiger partial charge in [0.05, 0.1) is 33.2 Å². The average molecular weight is 429 g/mol. The first-order valence-corrected chi connectivity index (χ1v) is 9.30. The number of halogens is 2. The van der Waals surface area contributed by atoms with Gasteiger partial charge in [-0.2, -0.15) is 4.98 Å². The Morgan fingerprint density at radius 2 is 1.79 bits per heavy atom. The maximum atomic E-state index is 11.2. The highest BCUT2D eigenvalue weighted by molar-refractivity contribution is 6.34.